The molecule has 7 rings (SSSR count). The molecule has 0 saturated carbocycles. The Hall–Kier alpha value is -4.94. The molecule has 6 heterocycles. The summed E-state index contributed by atoms with van der Waals surface area (Å²) in [6, 6.07) is 10.7. The average molecular weight is 593 g/mol. The molecule has 5 aromatic heterocycles. The fourth-order valence-electron chi connectivity index (χ4n) is 5.50. The third-order valence-electron chi connectivity index (χ3n) is 7.73. The Balaban J connectivity index is 1.21. The summed E-state index contributed by atoms with van der Waals surface area (Å²) in [5.41, 5.74) is 6.33. The van der Waals surface area contributed by atoms with E-state index in [2.05, 4.69) is 45.7 Å². The van der Waals surface area contributed by atoms with Gasteiger partial charge in [-0.1, -0.05) is 0 Å². The topological polar surface area (TPSA) is 133 Å². The molecule has 44 heavy (non-hydrogen) atoms. The summed E-state index contributed by atoms with van der Waals surface area (Å²) in [6.45, 7) is 3.42. The maximum Gasteiger partial charge on any atom is 0.159 e. The van der Waals surface area contributed by atoms with Crippen molar-refractivity contribution in [3.63, 3.8) is 0 Å². The number of benzene rings is 1. The maximum atomic E-state index is 14.7. The highest BCUT2D eigenvalue weighted by molar-refractivity contribution is 5.97. The van der Waals surface area contributed by atoms with Gasteiger partial charge in [-0.25, -0.2) is 9.37 Å². The highest BCUT2D eigenvalue weighted by atomic mass is 19.1. The zero-order valence-corrected chi connectivity index (χ0v) is 24.6. The SMILES string of the molecule is CN(C)CCNc1cc(F)cc(-c2nccc3[nH]c(-c4n[nH]c5cnc(-c6cncc(OC7CCNCC7)c6)cc45)nc23)c1. The smallest absolute Gasteiger partial charge is 0.159 e. The van der Waals surface area contributed by atoms with Crippen LogP contribution in [0.15, 0.2) is 61.2 Å². The Bertz CT molecular complexity index is 1930. The van der Waals surface area contributed by atoms with E-state index >= 15 is 0 Å². The zero-order valence-electron chi connectivity index (χ0n) is 24.6. The summed E-state index contributed by atoms with van der Waals surface area (Å²) < 4.78 is 20.9. The second kappa shape index (κ2) is 12.0. The van der Waals surface area contributed by atoms with Gasteiger partial charge in [0.1, 0.15) is 28.9 Å². The molecule has 0 atom stereocenters. The molecular formula is C32H33FN10O. The molecule has 12 heteroatoms. The van der Waals surface area contributed by atoms with E-state index in [-0.39, 0.29) is 11.9 Å². The van der Waals surface area contributed by atoms with Gasteiger partial charge in [-0.2, -0.15) is 5.10 Å². The van der Waals surface area contributed by atoms with Gasteiger partial charge < -0.3 is 25.3 Å². The van der Waals surface area contributed by atoms with Crippen LogP contribution in [0.4, 0.5) is 10.1 Å². The lowest BCUT2D eigenvalue weighted by Crippen LogP contribution is -2.34. The lowest BCUT2D eigenvalue weighted by molar-refractivity contribution is 0.162. The number of piperidine rings is 1. The van der Waals surface area contributed by atoms with Crippen LogP contribution in [-0.4, -0.2) is 86.4 Å². The molecular weight excluding hydrogens is 559 g/mol. The number of imidazole rings is 1. The summed E-state index contributed by atoms with van der Waals surface area (Å²) in [6.07, 6.45) is 9.09. The molecule has 11 nitrogen and oxygen atoms in total. The minimum absolute atomic E-state index is 0.176. The predicted molar refractivity (Wildman–Crippen MR) is 169 cm³/mol. The number of hydrogen-bond acceptors (Lipinski definition) is 9. The van der Waals surface area contributed by atoms with Gasteiger partial charge >= 0.3 is 0 Å². The Morgan fingerprint density at radius 2 is 1.86 bits per heavy atom. The lowest BCUT2D eigenvalue weighted by atomic mass is 10.1. The lowest BCUT2D eigenvalue weighted by Gasteiger charge is -2.23. The number of pyridine rings is 3. The largest absolute Gasteiger partial charge is 0.489 e. The summed E-state index contributed by atoms with van der Waals surface area (Å²) in [7, 11) is 4.00. The Morgan fingerprint density at radius 3 is 2.73 bits per heavy atom. The normalized spacial score (nSPS) is 14.1. The number of fused-ring (bicyclic) bond motifs is 2. The average Bonchev–Trinajstić information content (AvgIpc) is 3.65. The fourth-order valence-corrected chi connectivity index (χ4v) is 5.50. The van der Waals surface area contributed by atoms with E-state index in [9.17, 15) is 4.39 Å². The number of hydrogen-bond donors (Lipinski definition) is 4. The van der Waals surface area contributed by atoms with E-state index in [0.717, 1.165) is 65.9 Å². The first-order valence-corrected chi connectivity index (χ1v) is 14.7. The van der Waals surface area contributed by atoms with Crippen LogP contribution in [0.2, 0.25) is 0 Å². The standard InChI is InChI=1S/C32H33FN10O/c1-43(2)10-9-36-22-12-19(11-21(33)14-22)29-31-26(5-8-37-29)39-32(40-31)30-25-15-27(38-18-28(25)41-42-30)20-13-24(17-35-16-20)44-23-3-6-34-7-4-23/h5,8,11-18,23,34,36H,3-4,6-7,9-10H2,1-2H3,(H,39,40)(H,41,42). The van der Waals surface area contributed by atoms with Gasteiger partial charge in [0.05, 0.1) is 34.8 Å². The van der Waals surface area contributed by atoms with Crippen molar-refractivity contribution >= 4 is 27.6 Å². The van der Waals surface area contributed by atoms with Crippen LogP contribution in [0.5, 0.6) is 5.75 Å². The van der Waals surface area contributed by atoms with Gasteiger partial charge in [-0.15, -0.1) is 0 Å². The van der Waals surface area contributed by atoms with E-state index in [1.165, 1.54) is 12.1 Å². The monoisotopic (exact) mass is 592 g/mol. The molecule has 0 bridgehead atoms. The van der Waals surface area contributed by atoms with Gasteiger partial charge in [0.15, 0.2) is 5.82 Å². The fraction of sp³-hybridized carbons (Fsp3) is 0.281. The molecule has 1 aliphatic heterocycles. The Morgan fingerprint density at radius 1 is 0.977 bits per heavy atom. The van der Waals surface area contributed by atoms with Crippen molar-refractivity contribution in [3.05, 3.63) is 67.0 Å². The van der Waals surface area contributed by atoms with Crippen molar-refractivity contribution in [3.8, 4) is 39.8 Å². The molecule has 1 fully saturated rings. The third kappa shape index (κ3) is 5.81. The summed E-state index contributed by atoms with van der Waals surface area (Å²) in [4.78, 5) is 24.0. The van der Waals surface area contributed by atoms with Gasteiger partial charge in [-0.05, 0) is 76.4 Å². The van der Waals surface area contributed by atoms with Crippen LogP contribution >= 0.6 is 0 Å². The number of nitrogens with one attached hydrogen (secondary N) is 4. The predicted octanol–water partition coefficient (Wildman–Crippen LogP) is 4.87. The van der Waals surface area contributed by atoms with Crippen molar-refractivity contribution in [2.24, 2.45) is 0 Å². The molecule has 0 unspecified atom stereocenters. The summed E-state index contributed by atoms with van der Waals surface area (Å²) >= 11 is 0. The molecule has 1 aromatic carbocycles. The molecule has 1 saturated heterocycles. The van der Waals surface area contributed by atoms with Crippen LogP contribution in [0.25, 0.3) is 56.0 Å². The van der Waals surface area contributed by atoms with E-state index in [1.54, 1.807) is 24.8 Å². The summed E-state index contributed by atoms with van der Waals surface area (Å²) in [5, 5.41) is 15.1. The van der Waals surface area contributed by atoms with Crippen LogP contribution in [0, 0.1) is 5.82 Å². The number of halogens is 1. The van der Waals surface area contributed by atoms with Crippen molar-refractivity contribution in [2.75, 3.05) is 45.6 Å². The van der Waals surface area contributed by atoms with Gasteiger partial charge in [0, 0.05) is 47.7 Å². The minimum atomic E-state index is -0.345. The van der Waals surface area contributed by atoms with Crippen LogP contribution in [-0.2, 0) is 0 Å². The number of anilines is 1. The molecule has 0 spiro atoms. The van der Waals surface area contributed by atoms with Gasteiger partial charge in [0.2, 0.25) is 0 Å². The number of ether oxygens (including phenoxy) is 1. The number of H-pyrrole nitrogens is 2. The second-order valence-electron chi connectivity index (χ2n) is 11.3. The second-order valence-corrected chi connectivity index (χ2v) is 11.3. The van der Waals surface area contributed by atoms with Crippen LogP contribution < -0.4 is 15.4 Å². The minimum Gasteiger partial charge on any atom is -0.489 e. The first-order chi connectivity index (χ1) is 21.5. The van der Waals surface area contributed by atoms with E-state index < -0.39 is 0 Å². The highest BCUT2D eigenvalue weighted by Crippen LogP contribution is 2.33. The van der Waals surface area contributed by atoms with Crippen molar-refractivity contribution in [1.29, 1.82) is 0 Å². The molecule has 1 aliphatic rings. The van der Waals surface area contributed by atoms with Crippen LogP contribution in [0.3, 0.4) is 0 Å². The Kier molecular flexibility index (Phi) is 7.59. The van der Waals surface area contributed by atoms with Crippen molar-refractivity contribution in [1.82, 2.24) is 45.3 Å². The number of aromatic amines is 2. The molecule has 0 radical (unpaired) electrons. The number of likely N-dealkylation sites (N-methyl/N-ethyl adjacent to an activating group) is 1. The first kappa shape index (κ1) is 27.9. The zero-order chi connectivity index (χ0) is 30.0. The first-order valence-electron chi connectivity index (χ1n) is 14.7. The Labute approximate surface area is 253 Å². The maximum absolute atomic E-state index is 14.7. The number of rotatable bonds is 9. The van der Waals surface area contributed by atoms with E-state index in [4.69, 9.17) is 9.72 Å². The van der Waals surface area contributed by atoms with Crippen LogP contribution in [0.1, 0.15) is 12.8 Å². The van der Waals surface area contributed by atoms with Crippen molar-refractivity contribution in [2.45, 2.75) is 18.9 Å². The number of aromatic nitrogens is 7. The van der Waals surface area contributed by atoms with E-state index in [0.29, 0.717) is 40.5 Å². The molecule has 0 amide bonds. The molecule has 6 aromatic rings. The van der Waals surface area contributed by atoms with E-state index in [1.807, 2.05) is 38.4 Å². The summed E-state index contributed by atoms with van der Waals surface area (Å²) in [5.74, 6) is 0.955. The van der Waals surface area contributed by atoms with Gasteiger partial charge in [0.25, 0.3) is 0 Å². The third-order valence-corrected chi connectivity index (χ3v) is 7.73. The highest BCUT2D eigenvalue weighted by Gasteiger charge is 2.19. The quantitative estimate of drug-likeness (QED) is 0.186. The molecule has 0 aliphatic carbocycles. The van der Waals surface area contributed by atoms with Crippen molar-refractivity contribution < 1.29 is 9.13 Å². The number of nitrogens with zero attached hydrogens (tertiary/aromatic N) is 6. The van der Waals surface area contributed by atoms with Gasteiger partial charge in [-0.3, -0.25) is 20.1 Å². The molecule has 4 N–H and O–H groups in total. The molecule has 224 valence electrons.